The van der Waals surface area contributed by atoms with Crippen LogP contribution in [-0.2, 0) is 12.8 Å². The first kappa shape index (κ1) is 17.2. The molecule has 0 atom stereocenters. The zero-order valence-electron chi connectivity index (χ0n) is 14.5. The van der Waals surface area contributed by atoms with E-state index in [-0.39, 0.29) is 5.82 Å². The molecular formula is C24H23F. The molecule has 0 aliphatic rings. The second-order valence-electron chi connectivity index (χ2n) is 6.33. The van der Waals surface area contributed by atoms with Crippen molar-refractivity contribution < 1.29 is 4.39 Å². The zero-order chi connectivity index (χ0) is 17.6. The van der Waals surface area contributed by atoms with Crippen LogP contribution in [-0.4, -0.2) is 0 Å². The summed E-state index contributed by atoms with van der Waals surface area (Å²) in [4.78, 5) is 0. The average molecular weight is 330 g/mol. The van der Waals surface area contributed by atoms with Crippen molar-refractivity contribution in [2.24, 2.45) is 0 Å². The molecule has 0 nitrogen and oxygen atoms in total. The van der Waals surface area contributed by atoms with Crippen LogP contribution in [0.5, 0.6) is 0 Å². The molecule has 0 radical (unpaired) electrons. The molecule has 1 heteroatoms. The van der Waals surface area contributed by atoms with Gasteiger partial charge in [-0.25, -0.2) is 4.39 Å². The minimum atomic E-state index is -0.147. The second kappa shape index (κ2) is 7.94. The second-order valence-corrected chi connectivity index (χ2v) is 6.33. The predicted octanol–water partition coefficient (Wildman–Crippen LogP) is 6.88. The smallest absolute Gasteiger partial charge is 0.138 e. The highest BCUT2D eigenvalue weighted by Crippen LogP contribution is 2.30. The summed E-state index contributed by atoms with van der Waals surface area (Å²) in [6, 6.07) is 18.0. The number of rotatable bonds is 7. The molecule has 0 saturated heterocycles. The van der Waals surface area contributed by atoms with Crippen molar-refractivity contribution >= 4 is 10.8 Å². The van der Waals surface area contributed by atoms with Gasteiger partial charge in [0.25, 0.3) is 0 Å². The number of fused-ring (bicyclic) bond motifs is 1. The summed E-state index contributed by atoms with van der Waals surface area (Å²) in [7, 11) is 0. The number of benzene rings is 3. The number of allylic oxidation sites excluding steroid dienone is 2. The van der Waals surface area contributed by atoms with Gasteiger partial charge in [-0.05, 0) is 47.8 Å². The maximum absolute atomic E-state index is 15.0. The molecule has 25 heavy (non-hydrogen) atoms. The van der Waals surface area contributed by atoms with Gasteiger partial charge in [-0.1, -0.05) is 66.7 Å². The van der Waals surface area contributed by atoms with Gasteiger partial charge in [0.05, 0.1) is 0 Å². The summed E-state index contributed by atoms with van der Waals surface area (Å²) in [6.07, 6.45) is 7.63. The highest BCUT2D eigenvalue weighted by molar-refractivity contribution is 5.88. The molecule has 126 valence electrons. The van der Waals surface area contributed by atoms with E-state index in [9.17, 15) is 0 Å². The lowest BCUT2D eigenvalue weighted by Crippen LogP contribution is -1.90. The first-order valence-corrected chi connectivity index (χ1v) is 8.75. The normalized spacial score (nSPS) is 10.8. The maximum Gasteiger partial charge on any atom is 0.138 e. The van der Waals surface area contributed by atoms with Crippen molar-refractivity contribution in [2.45, 2.75) is 25.7 Å². The van der Waals surface area contributed by atoms with E-state index in [1.807, 2.05) is 48.6 Å². The van der Waals surface area contributed by atoms with E-state index < -0.39 is 0 Å². The third-order valence-electron chi connectivity index (χ3n) is 4.56. The van der Waals surface area contributed by atoms with E-state index in [2.05, 4.69) is 31.4 Å². The van der Waals surface area contributed by atoms with E-state index in [0.717, 1.165) is 36.6 Å². The van der Waals surface area contributed by atoms with E-state index >= 15 is 4.39 Å². The van der Waals surface area contributed by atoms with Gasteiger partial charge in [0, 0.05) is 10.9 Å². The van der Waals surface area contributed by atoms with Gasteiger partial charge in [0.1, 0.15) is 5.82 Å². The Labute approximate surface area is 149 Å². The van der Waals surface area contributed by atoms with Crippen molar-refractivity contribution in [3.63, 3.8) is 0 Å². The highest BCUT2D eigenvalue weighted by atomic mass is 19.1. The molecule has 0 N–H and O–H groups in total. The van der Waals surface area contributed by atoms with Crippen LogP contribution in [0.2, 0.25) is 0 Å². The van der Waals surface area contributed by atoms with Gasteiger partial charge >= 0.3 is 0 Å². The maximum atomic E-state index is 15.0. The van der Waals surface area contributed by atoms with Gasteiger partial charge in [-0.3, -0.25) is 0 Å². The van der Waals surface area contributed by atoms with E-state index in [1.54, 1.807) is 0 Å². The average Bonchev–Trinajstić information content (AvgIpc) is 2.65. The Morgan fingerprint density at radius 3 is 2.08 bits per heavy atom. The molecule has 0 spiro atoms. The monoisotopic (exact) mass is 330 g/mol. The van der Waals surface area contributed by atoms with Crippen LogP contribution >= 0.6 is 0 Å². The molecule has 3 rings (SSSR count). The van der Waals surface area contributed by atoms with Crippen LogP contribution in [0.3, 0.4) is 0 Å². The lowest BCUT2D eigenvalue weighted by atomic mass is 9.97. The largest absolute Gasteiger partial charge is 0.206 e. The molecule has 3 aromatic carbocycles. The van der Waals surface area contributed by atoms with Gasteiger partial charge in [-0.2, -0.15) is 0 Å². The van der Waals surface area contributed by atoms with E-state index in [0.29, 0.717) is 10.9 Å². The Morgan fingerprint density at radius 1 is 0.760 bits per heavy atom. The first-order valence-electron chi connectivity index (χ1n) is 8.75. The van der Waals surface area contributed by atoms with Gasteiger partial charge in [-0.15, -0.1) is 13.2 Å². The number of aryl methyl sites for hydroxylation is 2. The number of hydrogen-bond donors (Lipinski definition) is 0. The van der Waals surface area contributed by atoms with Crippen molar-refractivity contribution in [1.29, 1.82) is 0 Å². The quantitative estimate of drug-likeness (QED) is 0.414. The summed E-state index contributed by atoms with van der Waals surface area (Å²) >= 11 is 0. The van der Waals surface area contributed by atoms with E-state index in [4.69, 9.17) is 0 Å². The lowest BCUT2D eigenvalue weighted by Gasteiger charge is -2.09. The Morgan fingerprint density at radius 2 is 1.40 bits per heavy atom. The first-order chi connectivity index (χ1) is 12.2. The molecule has 0 unspecified atom stereocenters. The fourth-order valence-corrected chi connectivity index (χ4v) is 3.11. The number of halogens is 1. The van der Waals surface area contributed by atoms with Gasteiger partial charge in [0.15, 0.2) is 0 Å². The molecule has 0 aliphatic carbocycles. The summed E-state index contributed by atoms with van der Waals surface area (Å²) in [6.45, 7) is 7.50. The Bertz CT molecular complexity index is 888. The topological polar surface area (TPSA) is 0 Å². The summed E-state index contributed by atoms with van der Waals surface area (Å²) in [5.74, 6) is -0.147. The molecule has 0 aromatic heterocycles. The minimum absolute atomic E-state index is 0.147. The fraction of sp³-hybridized carbons (Fsp3) is 0.167. The van der Waals surface area contributed by atoms with Crippen LogP contribution in [0.15, 0.2) is 79.9 Å². The van der Waals surface area contributed by atoms with Crippen molar-refractivity contribution in [1.82, 2.24) is 0 Å². The van der Waals surface area contributed by atoms with Gasteiger partial charge < -0.3 is 0 Å². The predicted molar refractivity (Wildman–Crippen MR) is 106 cm³/mol. The molecule has 0 amide bonds. The fourth-order valence-electron chi connectivity index (χ4n) is 3.11. The lowest BCUT2D eigenvalue weighted by molar-refractivity contribution is 0.643. The SMILES string of the molecule is C=CCCc1ccc(-c2ccc3cc(CCC=C)ccc3c2F)cc1. The summed E-state index contributed by atoms with van der Waals surface area (Å²) in [5.41, 5.74) is 4.03. The molecule has 0 bridgehead atoms. The van der Waals surface area contributed by atoms with Crippen molar-refractivity contribution in [3.05, 3.63) is 96.9 Å². The molecule has 0 saturated carbocycles. The third kappa shape index (κ3) is 3.88. The summed E-state index contributed by atoms with van der Waals surface area (Å²) in [5, 5.41) is 1.63. The Balaban J connectivity index is 1.93. The molecule has 0 heterocycles. The van der Waals surface area contributed by atoms with Crippen LogP contribution in [0.4, 0.5) is 4.39 Å². The number of hydrogen-bond acceptors (Lipinski definition) is 0. The minimum Gasteiger partial charge on any atom is -0.206 e. The van der Waals surface area contributed by atoms with Crippen molar-refractivity contribution in [2.75, 3.05) is 0 Å². The Hall–Kier alpha value is -2.67. The van der Waals surface area contributed by atoms with E-state index in [1.165, 1.54) is 11.1 Å². The van der Waals surface area contributed by atoms with Gasteiger partial charge in [0.2, 0.25) is 0 Å². The highest BCUT2D eigenvalue weighted by Gasteiger charge is 2.10. The molecule has 3 aromatic rings. The molecule has 0 fully saturated rings. The third-order valence-corrected chi connectivity index (χ3v) is 4.56. The zero-order valence-corrected chi connectivity index (χ0v) is 14.5. The molecule has 0 aliphatic heterocycles. The van der Waals surface area contributed by atoms with Crippen LogP contribution < -0.4 is 0 Å². The van der Waals surface area contributed by atoms with Crippen molar-refractivity contribution in [3.8, 4) is 11.1 Å². The Kier molecular flexibility index (Phi) is 5.45. The standard InChI is InChI=1S/C24H23F/c1-3-5-7-18-9-12-20(13-10-18)22-16-14-21-17-19(8-6-4-2)11-15-23(21)24(22)25/h3-4,9-17H,1-2,5-8H2. The van der Waals surface area contributed by atoms with Crippen LogP contribution in [0.1, 0.15) is 24.0 Å². The van der Waals surface area contributed by atoms with Crippen LogP contribution in [0, 0.1) is 5.82 Å². The molecular weight excluding hydrogens is 307 g/mol. The summed E-state index contributed by atoms with van der Waals surface area (Å²) < 4.78 is 15.0. The van der Waals surface area contributed by atoms with Crippen LogP contribution in [0.25, 0.3) is 21.9 Å².